The molecule has 1 aliphatic carbocycles. The van der Waals surface area contributed by atoms with Crippen molar-refractivity contribution in [1.29, 1.82) is 0 Å². The summed E-state index contributed by atoms with van der Waals surface area (Å²) in [5.41, 5.74) is -1.94. The third-order valence-electron chi connectivity index (χ3n) is 4.97. The van der Waals surface area contributed by atoms with Crippen LogP contribution in [-0.2, 0) is 0 Å². The minimum Gasteiger partial charge on any atom is -0.370 e. The Balaban J connectivity index is 1.68. The zero-order valence-corrected chi connectivity index (χ0v) is 15.4. The van der Waals surface area contributed by atoms with E-state index in [1.807, 2.05) is 28.5 Å². The Labute approximate surface area is 163 Å². The van der Waals surface area contributed by atoms with E-state index in [0.717, 1.165) is 12.8 Å². The van der Waals surface area contributed by atoms with E-state index >= 15 is 0 Å². The summed E-state index contributed by atoms with van der Waals surface area (Å²) < 4.78 is 37.5. The van der Waals surface area contributed by atoms with Crippen LogP contribution in [-0.4, -0.2) is 34.6 Å². The van der Waals surface area contributed by atoms with Crippen LogP contribution in [0, 0.1) is 0 Å². The molecule has 1 aromatic carbocycles. The molecule has 0 bridgehead atoms. The smallest absolute Gasteiger partial charge is 0.370 e. The highest BCUT2D eigenvalue weighted by Gasteiger charge is 2.29. The van der Waals surface area contributed by atoms with Gasteiger partial charge in [-0.2, -0.15) is 13.2 Å². The van der Waals surface area contributed by atoms with Crippen molar-refractivity contribution < 1.29 is 18.0 Å². The summed E-state index contributed by atoms with van der Waals surface area (Å²) in [6.45, 7) is -1.51. The number of carbonyl (C=O) groups excluding carboxylic acids is 1. The molecule has 3 rings (SSSR count). The molecule has 1 aromatic heterocycles. The molecule has 4 N–H and O–H groups in total. The van der Waals surface area contributed by atoms with Gasteiger partial charge in [-0.1, -0.05) is 30.3 Å². The molecule has 1 heterocycles. The van der Waals surface area contributed by atoms with Crippen molar-refractivity contribution in [3.8, 4) is 0 Å². The highest BCUT2D eigenvalue weighted by Crippen LogP contribution is 2.32. The van der Waals surface area contributed by atoms with Crippen molar-refractivity contribution in [2.75, 3.05) is 11.9 Å². The fourth-order valence-electron chi connectivity index (χ4n) is 3.57. The number of alkyl halides is 3. The molecule has 0 radical (unpaired) electrons. The molecule has 29 heavy (non-hydrogen) atoms. The molecule has 156 valence electrons. The summed E-state index contributed by atoms with van der Waals surface area (Å²) in [5.74, 6) is -0.409. The summed E-state index contributed by atoms with van der Waals surface area (Å²) in [4.78, 5) is 39.9. The Morgan fingerprint density at radius 3 is 2.31 bits per heavy atom. The maximum Gasteiger partial charge on any atom is 0.405 e. The van der Waals surface area contributed by atoms with E-state index in [0.29, 0.717) is 18.8 Å². The Kier molecular flexibility index (Phi) is 6.09. The molecule has 0 unspecified atom stereocenters. The standard InChI is InChI=1S/C19H21F3N4O3/c20-19(21,22)10-23-14-15(25-18(29)26-16(14)27)17(28)24-13-8-6-12(7-9-13)11-4-2-1-3-5-11/h1-5,12-13,23H,6-10H2,(H,24,28)(H2,25,26,27,29). The summed E-state index contributed by atoms with van der Waals surface area (Å²) in [5, 5.41) is 4.61. The number of hydrogen-bond donors (Lipinski definition) is 4. The highest BCUT2D eigenvalue weighted by molar-refractivity contribution is 5.97. The number of benzene rings is 1. The molecule has 0 atom stereocenters. The number of hydrogen-bond acceptors (Lipinski definition) is 4. The number of aromatic amines is 2. The second-order valence-corrected chi connectivity index (χ2v) is 7.06. The number of amides is 1. The highest BCUT2D eigenvalue weighted by atomic mass is 19.4. The molecule has 7 nitrogen and oxygen atoms in total. The Hall–Kier alpha value is -3.04. The van der Waals surface area contributed by atoms with Gasteiger partial charge in [0.1, 0.15) is 17.9 Å². The van der Waals surface area contributed by atoms with Gasteiger partial charge in [-0.25, -0.2) is 4.79 Å². The number of rotatable bonds is 5. The van der Waals surface area contributed by atoms with E-state index in [-0.39, 0.29) is 6.04 Å². The van der Waals surface area contributed by atoms with E-state index in [9.17, 15) is 27.6 Å². The largest absolute Gasteiger partial charge is 0.405 e. The molecular formula is C19H21F3N4O3. The third-order valence-corrected chi connectivity index (χ3v) is 4.97. The van der Waals surface area contributed by atoms with Gasteiger partial charge < -0.3 is 15.6 Å². The van der Waals surface area contributed by atoms with E-state index in [1.54, 1.807) is 0 Å². The fourth-order valence-corrected chi connectivity index (χ4v) is 3.57. The van der Waals surface area contributed by atoms with Crippen LogP contribution in [0.2, 0.25) is 0 Å². The van der Waals surface area contributed by atoms with E-state index in [4.69, 9.17) is 0 Å². The summed E-state index contributed by atoms with van der Waals surface area (Å²) in [6.07, 6.45) is -1.53. The minimum atomic E-state index is -4.59. The van der Waals surface area contributed by atoms with Crippen LogP contribution in [0.4, 0.5) is 18.9 Å². The van der Waals surface area contributed by atoms with Gasteiger partial charge in [-0.05, 0) is 37.2 Å². The first kappa shape index (κ1) is 20.7. The van der Waals surface area contributed by atoms with Crippen molar-refractivity contribution in [1.82, 2.24) is 15.3 Å². The molecular weight excluding hydrogens is 389 g/mol. The predicted molar refractivity (Wildman–Crippen MR) is 101 cm³/mol. The van der Waals surface area contributed by atoms with Crippen LogP contribution in [0.3, 0.4) is 0 Å². The lowest BCUT2D eigenvalue weighted by Gasteiger charge is -2.29. The molecule has 0 aliphatic heterocycles. The Morgan fingerprint density at radius 1 is 1.03 bits per heavy atom. The van der Waals surface area contributed by atoms with Gasteiger partial charge in [0.15, 0.2) is 0 Å². The van der Waals surface area contributed by atoms with Crippen LogP contribution in [0.5, 0.6) is 0 Å². The molecule has 1 aliphatic rings. The number of aromatic nitrogens is 2. The van der Waals surface area contributed by atoms with Gasteiger partial charge in [-0.3, -0.25) is 14.6 Å². The van der Waals surface area contributed by atoms with Crippen molar-refractivity contribution in [3.05, 3.63) is 62.4 Å². The zero-order valence-electron chi connectivity index (χ0n) is 15.4. The zero-order chi connectivity index (χ0) is 21.0. The topological polar surface area (TPSA) is 107 Å². The monoisotopic (exact) mass is 410 g/mol. The van der Waals surface area contributed by atoms with Crippen molar-refractivity contribution in [2.24, 2.45) is 0 Å². The van der Waals surface area contributed by atoms with E-state index in [1.165, 1.54) is 5.56 Å². The molecule has 2 aromatic rings. The lowest BCUT2D eigenvalue weighted by atomic mass is 9.82. The summed E-state index contributed by atoms with van der Waals surface area (Å²) in [7, 11) is 0. The first-order valence-electron chi connectivity index (χ1n) is 9.26. The lowest BCUT2D eigenvalue weighted by molar-refractivity contribution is -0.115. The fraction of sp³-hybridized carbons (Fsp3) is 0.421. The lowest BCUT2D eigenvalue weighted by Crippen LogP contribution is -2.41. The van der Waals surface area contributed by atoms with Crippen molar-refractivity contribution >= 4 is 11.6 Å². The van der Waals surface area contributed by atoms with E-state index < -0.39 is 41.3 Å². The SMILES string of the molecule is O=C(NC1CCC(c2ccccc2)CC1)c1[nH]c(=O)[nH]c(=O)c1NCC(F)(F)F. The maximum atomic E-state index is 12.6. The average molecular weight is 410 g/mol. The predicted octanol–water partition coefficient (Wildman–Crippen LogP) is 2.49. The summed E-state index contributed by atoms with van der Waals surface area (Å²) >= 11 is 0. The van der Waals surface area contributed by atoms with Crippen LogP contribution in [0.1, 0.15) is 47.7 Å². The molecule has 1 saturated carbocycles. The summed E-state index contributed by atoms with van der Waals surface area (Å²) in [6, 6.07) is 9.82. The average Bonchev–Trinajstić information content (AvgIpc) is 2.67. The van der Waals surface area contributed by atoms with Crippen LogP contribution in [0.25, 0.3) is 0 Å². The second kappa shape index (κ2) is 8.54. The van der Waals surface area contributed by atoms with Gasteiger partial charge in [0, 0.05) is 6.04 Å². The third kappa shape index (κ3) is 5.49. The minimum absolute atomic E-state index is 0.194. The maximum absolute atomic E-state index is 12.6. The van der Waals surface area contributed by atoms with Gasteiger partial charge in [0.05, 0.1) is 0 Å². The number of nitrogens with one attached hydrogen (secondary N) is 4. The number of H-pyrrole nitrogens is 2. The van der Waals surface area contributed by atoms with Crippen molar-refractivity contribution in [2.45, 2.75) is 43.8 Å². The number of halogens is 3. The van der Waals surface area contributed by atoms with Gasteiger partial charge in [-0.15, -0.1) is 0 Å². The first-order chi connectivity index (χ1) is 13.7. The van der Waals surface area contributed by atoms with Gasteiger partial charge >= 0.3 is 11.9 Å². The second-order valence-electron chi connectivity index (χ2n) is 7.06. The van der Waals surface area contributed by atoms with Crippen LogP contribution < -0.4 is 21.9 Å². The van der Waals surface area contributed by atoms with Gasteiger partial charge in [0.25, 0.3) is 11.5 Å². The normalized spacial score (nSPS) is 19.6. The molecule has 0 spiro atoms. The number of carbonyl (C=O) groups is 1. The first-order valence-corrected chi connectivity index (χ1v) is 9.26. The quantitative estimate of drug-likeness (QED) is 0.608. The molecule has 1 amide bonds. The molecule has 1 fully saturated rings. The Morgan fingerprint density at radius 2 is 1.69 bits per heavy atom. The van der Waals surface area contributed by atoms with Crippen LogP contribution in [0.15, 0.2) is 39.9 Å². The molecule has 0 saturated heterocycles. The van der Waals surface area contributed by atoms with Crippen molar-refractivity contribution in [3.63, 3.8) is 0 Å². The van der Waals surface area contributed by atoms with Gasteiger partial charge in [0.2, 0.25) is 0 Å². The van der Waals surface area contributed by atoms with E-state index in [2.05, 4.69) is 22.4 Å². The Bertz CT molecular complexity index is 961. The van der Waals surface area contributed by atoms with Crippen LogP contribution >= 0.6 is 0 Å². The number of anilines is 1. The molecule has 10 heteroatoms.